The molecule has 0 saturated carbocycles. The largest absolute Gasteiger partial charge is 0.345 e. The Hall–Kier alpha value is -1.26. The number of thiophene rings is 1. The van der Waals surface area contributed by atoms with Crippen LogP contribution in [0.2, 0.25) is 0 Å². The lowest BCUT2D eigenvalue weighted by Crippen LogP contribution is -2.26. The van der Waals surface area contributed by atoms with Gasteiger partial charge in [-0.1, -0.05) is 6.07 Å². The number of benzene rings is 1. The van der Waals surface area contributed by atoms with Gasteiger partial charge in [0, 0.05) is 10.5 Å². The summed E-state index contributed by atoms with van der Waals surface area (Å²) in [5, 5.41) is 7.01. The van der Waals surface area contributed by atoms with Crippen LogP contribution in [0.25, 0.3) is 0 Å². The molecule has 17 heavy (non-hydrogen) atoms. The SMILES string of the molecule is CC(NC(=O)c1cccc(S)c1)c1ccsc1. The third-order valence-electron chi connectivity index (χ3n) is 2.50. The fourth-order valence-electron chi connectivity index (χ4n) is 1.53. The second-order valence-electron chi connectivity index (χ2n) is 3.80. The summed E-state index contributed by atoms with van der Waals surface area (Å²) in [4.78, 5) is 12.8. The van der Waals surface area contributed by atoms with Crippen LogP contribution in [-0.4, -0.2) is 5.91 Å². The number of hydrogen-bond donors (Lipinski definition) is 2. The number of nitrogens with one attached hydrogen (secondary N) is 1. The highest BCUT2D eigenvalue weighted by Gasteiger charge is 2.11. The van der Waals surface area contributed by atoms with Crippen molar-refractivity contribution in [1.29, 1.82) is 0 Å². The van der Waals surface area contributed by atoms with E-state index in [4.69, 9.17) is 0 Å². The number of thiol groups is 1. The molecule has 1 atom stereocenters. The van der Waals surface area contributed by atoms with E-state index in [0.717, 1.165) is 10.5 Å². The summed E-state index contributed by atoms with van der Waals surface area (Å²) in [5.41, 5.74) is 1.77. The highest BCUT2D eigenvalue weighted by atomic mass is 32.1. The van der Waals surface area contributed by atoms with Gasteiger partial charge >= 0.3 is 0 Å². The first-order chi connectivity index (χ1) is 8.16. The van der Waals surface area contributed by atoms with Gasteiger partial charge in [-0.2, -0.15) is 11.3 Å². The number of carbonyl (C=O) groups excluding carboxylic acids is 1. The van der Waals surface area contributed by atoms with Crippen molar-refractivity contribution >= 4 is 29.9 Å². The van der Waals surface area contributed by atoms with Gasteiger partial charge in [-0.15, -0.1) is 12.6 Å². The van der Waals surface area contributed by atoms with Gasteiger partial charge in [0.15, 0.2) is 0 Å². The minimum absolute atomic E-state index is 0.0253. The van der Waals surface area contributed by atoms with E-state index >= 15 is 0 Å². The zero-order valence-corrected chi connectivity index (χ0v) is 11.1. The van der Waals surface area contributed by atoms with Crippen LogP contribution in [0.5, 0.6) is 0 Å². The van der Waals surface area contributed by atoms with E-state index in [9.17, 15) is 4.79 Å². The Morgan fingerprint density at radius 3 is 2.88 bits per heavy atom. The molecule has 0 aliphatic heterocycles. The predicted octanol–water partition coefficient (Wildman–Crippen LogP) is 3.53. The minimum atomic E-state index is -0.0698. The molecule has 0 aliphatic rings. The van der Waals surface area contributed by atoms with Crippen molar-refractivity contribution in [3.8, 4) is 0 Å². The summed E-state index contributed by atoms with van der Waals surface area (Å²) in [5.74, 6) is -0.0698. The molecule has 1 aromatic carbocycles. The molecule has 1 aromatic heterocycles. The number of rotatable bonds is 3. The molecular weight excluding hydrogens is 250 g/mol. The van der Waals surface area contributed by atoms with Crippen LogP contribution in [0.1, 0.15) is 28.9 Å². The van der Waals surface area contributed by atoms with Gasteiger partial charge in [0.2, 0.25) is 0 Å². The standard InChI is InChI=1S/C13H13NOS2/c1-9(11-5-6-17-8-11)14-13(15)10-3-2-4-12(16)7-10/h2-9,16H,1H3,(H,14,15). The van der Waals surface area contributed by atoms with Crippen molar-refractivity contribution in [2.45, 2.75) is 17.9 Å². The monoisotopic (exact) mass is 263 g/mol. The molecule has 0 bridgehead atoms. The van der Waals surface area contributed by atoms with Crippen molar-refractivity contribution in [3.05, 3.63) is 52.2 Å². The maximum atomic E-state index is 12.0. The number of carbonyl (C=O) groups is 1. The van der Waals surface area contributed by atoms with Crippen molar-refractivity contribution in [3.63, 3.8) is 0 Å². The normalized spacial score (nSPS) is 12.1. The summed E-state index contributed by atoms with van der Waals surface area (Å²) in [6.45, 7) is 1.98. The van der Waals surface area contributed by atoms with Crippen LogP contribution in [-0.2, 0) is 0 Å². The Balaban J connectivity index is 2.07. The summed E-state index contributed by atoms with van der Waals surface area (Å²) in [6, 6.07) is 9.27. The van der Waals surface area contributed by atoms with E-state index in [1.165, 1.54) is 0 Å². The fourth-order valence-corrected chi connectivity index (χ4v) is 2.51. The van der Waals surface area contributed by atoms with Gasteiger partial charge in [-0.3, -0.25) is 4.79 Å². The maximum absolute atomic E-state index is 12.0. The molecule has 0 aliphatic carbocycles. The molecule has 1 amide bonds. The van der Waals surface area contributed by atoms with Gasteiger partial charge in [0.1, 0.15) is 0 Å². The molecule has 0 radical (unpaired) electrons. The quantitative estimate of drug-likeness (QED) is 0.815. The highest BCUT2D eigenvalue weighted by Crippen LogP contribution is 2.16. The maximum Gasteiger partial charge on any atom is 0.251 e. The number of hydrogen-bond acceptors (Lipinski definition) is 3. The smallest absolute Gasteiger partial charge is 0.251 e. The number of amides is 1. The molecule has 1 N–H and O–H groups in total. The third-order valence-corrected chi connectivity index (χ3v) is 3.48. The van der Waals surface area contributed by atoms with Crippen LogP contribution in [0.3, 0.4) is 0 Å². The molecule has 1 heterocycles. The lowest BCUT2D eigenvalue weighted by atomic mass is 10.1. The second-order valence-corrected chi connectivity index (χ2v) is 5.10. The van der Waals surface area contributed by atoms with E-state index in [1.807, 2.05) is 35.9 Å². The summed E-state index contributed by atoms with van der Waals surface area (Å²) >= 11 is 5.85. The van der Waals surface area contributed by atoms with E-state index in [1.54, 1.807) is 23.5 Å². The van der Waals surface area contributed by atoms with Gasteiger partial charge in [0.05, 0.1) is 6.04 Å². The van der Waals surface area contributed by atoms with Crippen molar-refractivity contribution in [2.24, 2.45) is 0 Å². The van der Waals surface area contributed by atoms with Crippen LogP contribution < -0.4 is 5.32 Å². The van der Waals surface area contributed by atoms with Gasteiger partial charge in [-0.05, 0) is 47.5 Å². The molecule has 2 aromatic rings. The zero-order chi connectivity index (χ0) is 12.3. The molecule has 0 spiro atoms. The molecule has 4 heteroatoms. The molecule has 0 saturated heterocycles. The average molecular weight is 263 g/mol. The Morgan fingerprint density at radius 1 is 1.41 bits per heavy atom. The summed E-state index contributed by atoms with van der Waals surface area (Å²) in [7, 11) is 0. The topological polar surface area (TPSA) is 29.1 Å². The Kier molecular flexibility index (Phi) is 3.86. The van der Waals surface area contributed by atoms with Crippen molar-refractivity contribution in [2.75, 3.05) is 0 Å². The summed E-state index contributed by atoms with van der Waals surface area (Å²) in [6.07, 6.45) is 0. The Bertz CT molecular complexity index is 508. The Morgan fingerprint density at radius 2 is 2.24 bits per heavy atom. The minimum Gasteiger partial charge on any atom is -0.345 e. The predicted molar refractivity (Wildman–Crippen MR) is 73.9 cm³/mol. The summed E-state index contributed by atoms with van der Waals surface area (Å²) < 4.78 is 0. The molecular formula is C13H13NOS2. The van der Waals surface area contributed by atoms with Crippen molar-refractivity contribution in [1.82, 2.24) is 5.32 Å². The van der Waals surface area contributed by atoms with Crippen LogP contribution in [0.4, 0.5) is 0 Å². The first-order valence-electron chi connectivity index (χ1n) is 5.29. The third kappa shape index (κ3) is 3.11. The van der Waals surface area contributed by atoms with Gasteiger partial charge in [-0.25, -0.2) is 0 Å². The van der Waals surface area contributed by atoms with E-state index in [0.29, 0.717) is 5.56 Å². The van der Waals surface area contributed by atoms with Gasteiger partial charge in [0.25, 0.3) is 5.91 Å². The average Bonchev–Trinajstić information content (AvgIpc) is 2.82. The lowest BCUT2D eigenvalue weighted by molar-refractivity contribution is 0.0939. The molecule has 2 rings (SSSR count). The first-order valence-corrected chi connectivity index (χ1v) is 6.68. The van der Waals surface area contributed by atoms with Crippen LogP contribution in [0, 0.1) is 0 Å². The second kappa shape index (κ2) is 5.38. The molecule has 2 nitrogen and oxygen atoms in total. The Labute approximate surface area is 110 Å². The highest BCUT2D eigenvalue weighted by molar-refractivity contribution is 7.80. The van der Waals surface area contributed by atoms with E-state index < -0.39 is 0 Å². The van der Waals surface area contributed by atoms with Crippen molar-refractivity contribution < 1.29 is 4.79 Å². The van der Waals surface area contributed by atoms with Crippen LogP contribution in [0.15, 0.2) is 46.0 Å². The molecule has 0 fully saturated rings. The zero-order valence-electron chi connectivity index (χ0n) is 9.38. The first kappa shape index (κ1) is 12.2. The molecule has 1 unspecified atom stereocenters. The lowest BCUT2D eigenvalue weighted by Gasteiger charge is -2.12. The molecule has 88 valence electrons. The van der Waals surface area contributed by atoms with Gasteiger partial charge < -0.3 is 5.32 Å². The van der Waals surface area contributed by atoms with Crippen LogP contribution >= 0.6 is 24.0 Å². The van der Waals surface area contributed by atoms with E-state index in [2.05, 4.69) is 17.9 Å². The van der Waals surface area contributed by atoms with E-state index in [-0.39, 0.29) is 11.9 Å². The fraction of sp³-hybridized carbons (Fsp3) is 0.154.